The van der Waals surface area contributed by atoms with E-state index in [9.17, 15) is 4.79 Å². The van der Waals surface area contributed by atoms with Crippen molar-refractivity contribution in [2.45, 2.75) is 6.54 Å². The summed E-state index contributed by atoms with van der Waals surface area (Å²) in [5.74, 6) is -0.0722. The third-order valence-corrected chi connectivity index (χ3v) is 3.25. The highest BCUT2D eigenvalue weighted by Gasteiger charge is 2.05. The minimum absolute atomic E-state index is 0.0722. The molecule has 2 aromatic carbocycles. The molecular formula is C15H15BrN2O. The highest BCUT2D eigenvalue weighted by atomic mass is 79.9. The lowest BCUT2D eigenvalue weighted by Gasteiger charge is -2.07. The quantitative estimate of drug-likeness (QED) is 0.907. The SMILES string of the molecule is CNc1cccc(C(=O)NCc2cccc(Br)c2)c1. The summed E-state index contributed by atoms with van der Waals surface area (Å²) in [7, 11) is 1.83. The molecule has 0 aromatic heterocycles. The lowest BCUT2D eigenvalue weighted by molar-refractivity contribution is 0.0951. The fourth-order valence-electron chi connectivity index (χ4n) is 1.75. The van der Waals surface area contributed by atoms with Crippen molar-refractivity contribution in [1.82, 2.24) is 5.32 Å². The van der Waals surface area contributed by atoms with Gasteiger partial charge in [0.15, 0.2) is 0 Å². The van der Waals surface area contributed by atoms with Crippen LogP contribution in [0.4, 0.5) is 5.69 Å². The van der Waals surface area contributed by atoms with Gasteiger partial charge in [-0.2, -0.15) is 0 Å². The summed E-state index contributed by atoms with van der Waals surface area (Å²) in [6.45, 7) is 0.516. The first-order valence-electron chi connectivity index (χ1n) is 5.99. The van der Waals surface area contributed by atoms with E-state index < -0.39 is 0 Å². The molecular weight excluding hydrogens is 304 g/mol. The van der Waals surface area contributed by atoms with E-state index in [1.54, 1.807) is 6.07 Å². The second kappa shape index (κ2) is 6.38. The number of halogens is 1. The van der Waals surface area contributed by atoms with E-state index >= 15 is 0 Å². The van der Waals surface area contributed by atoms with Crippen LogP contribution < -0.4 is 10.6 Å². The third kappa shape index (κ3) is 3.83. The zero-order chi connectivity index (χ0) is 13.7. The molecule has 0 heterocycles. The molecule has 0 saturated heterocycles. The van der Waals surface area contributed by atoms with E-state index in [1.807, 2.05) is 49.5 Å². The maximum atomic E-state index is 12.0. The smallest absolute Gasteiger partial charge is 0.251 e. The van der Waals surface area contributed by atoms with Crippen LogP contribution >= 0.6 is 15.9 Å². The topological polar surface area (TPSA) is 41.1 Å². The first-order chi connectivity index (χ1) is 9.19. The summed E-state index contributed by atoms with van der Waals surface area (Å²) < 4.78 is 1.01. The summed E-state index contributed by atoms with van der Waals surface area (Å²) in [6, 6.07) is 15.3. The van der Waals surface area contributed by atoms with Gasteiger partial charge in [-0.05, 0) is 35.9 Å². The van der Waals surface area contributed by atoms with Crippen LogP contribution in [0.3, 0.4) is 0 Å². The van der Waals surface area contributed by atoms with Crippen LogP contribution in [0.25, 0.3) is 0 Å². The normalized spacial score (nSPS) is 10.0. The Morgan fingerprint density at radius 2 is 1.95 bits per heavy atom. The highest BCUT2D eigenvalue weighted by molar-refractivity contribution is 9.10. The fraction of sp³-hybridized carbons (Fsp3) is 0.133. The van der Waals surface area contributed by atoms with Crippen molar-refractivity contribution in [3.8, 4) is 0 Å². The average Bonchev–Trinajstić information content (AvgIpc) is 2.45. The summed E-state index contributed by atoms with van der Waals surface area (Å²) >= 11 is 3.41. The van der Waals surface area contributed by atoms with E-state index in [-0.39, 0.29) is 5.91 Å². The van der Waals surface area contributed by atoms with E-state index in [0.717, 1.165) is 15.7 Å². The molecule has 3 nitrogen and oxygen atoms in total. The molecule has 98 valence electrons. The lowest BCUT2D eigenvalue weighted by Crippen LogP contribution is -2.22. The number of rotatable bonds is 4. The number of nitrogens with one attached hydrogen (secondary N) is 2. The van der Waals surface area contributed by atoms with Crippen molar-refractivity contribution in [3.63, 3.8) is 0 Å². The summed E-state index contributed by atoms with van der Waals surface area (Å²) in [4.78, 5) is 12.0. The van der Waals surface area contributed by atoms with Gasteiger partial charge in [-0.1, -0.05) is 34.1 Å². The summed E-state index contributed by atoms with van der Waals surface area (Å²) in [5, 5.41) is 5.92. The van der Waals surface area contributed by atoms with Gasteiger partial charge in [0.1, 0.15) is 0 Å². The molecule has 0 spiro atoms. The van der Waals surface area contributed by atoms with Crippen molar-refractivity contribution in [2.75, 3.05) is 12.4 Å². The number of anilines is 1. The van der Waals surface area contributed by atoms with Gasteiger partial charge in [-0.3, -0.25) is 4.79 Å². The Kier molecular flexibility index (Phi) is 4.58. The fourth-order valence-corrected chi connectivity index (χ4v) is 2.19. The zero-order valence-corrected chi connectivity index (χ0v) is 12.2. The molecule has 0 aliphatic rings. The van der Waals surface area contributed by atoms with Crippen LogP contribution in [0.2, 0.25) is 0 Å². The predicted octanol–water partition coefficient (Wildman–Crippen LogP) is 3.42. The molecule has 0 aliphatic carbocycles. The molecule has 0 saturated carbocycles. The van der Waals surface area contributed by atoms with Crippen LogP contribution in [0.1, 0.15) is 15.9 Å². The first kappa shape index (κ1) is 13.6. The first-order valence-corrected chi connectivity index (χ1v) is 6.79. The van der Waals surface area contributed by atoms with Crippen LogP contribution in [0.15, 0.2) is 53.0 Å². The van der Waals surface area contributed by atoms with Gasteiger partial charge in [0.25, 0.3) is 5.91 Å². The van der Waals surface area contributed by atoms with Crippen molar-refractivity contribution < 1.29 is 4.79 Å². The zero-order valence-electron chi connectivity index (χ0n) is 10.6. The van der Waals surface area contributed by atoms with Gasteiger partial charge in [-0.25, -0.2) is 0 Å². The van der Waals surface area contributed by atoms with Gasteiger partial charge in [-0.15, -0.1) is 0 Å². The third-order valence-electron chi connectivity index (χ3n) is 2.76. The van der Waals surface area contributed by atoms with E-state index in [1.165, 1.54) is 0 Å². The van der Waals surface area contributed by atoms with Gasteiger partial charge in [0.2, 0.25) is 0 Å². The Bertz CT molecular complexity index is 584. The largest absolute Gasteiger partial charge is 0.388 e. The molecule has 0 bridgehead atoms. The number of hydrogen-bond donors (Lipinski definition) is 2. The standard InChI is InChI=1S/C15H15BrN2O/c1-17-14-7-3-5-12(9-14)15(19)18-10-11-4-2-6-13(16)8-11/h2-9,17H,10H2,1H3,(H,18,19). The molecule has 0 fully saturated rings. The number of carbonyl (C=O) groups excluding carboxylic acids is 1. The lowest BCUT2D eigenvalue weighted by atomic mass is 10.1. The molecule has 0 unspecified atom stereocenters. The van der Waals surface area contributed by atoms with Crippen molar-refractivity contribution in [1.29, 1.82) is 0 Å². The van der Waals surface area contributed by atoms with Crippen LogP contribution in [0, 0.1) is 0 Å². The molecule has 4 heteroatoms. The Morgan fingerprint density at radius 1 is 1.16 bits per heavy atom. The molecule has 0 aliphatic heterocycles. The molecule has 2 N–H and O–H groups in total. The highest BCUT2D eigenvalue weighted by Crippen LogP contribution is 2.12. The summed E-state index contributed by atoms with van der Waals surface area (Å²) in [6.07, 6.45) is 0. The van der Waals surface area contributed by atoms with Gasteiger partial charge < -0.3 is 10.6 Å². The Morgan fingerprint density at radius 3 is 2.68 bits per heavy atom. The van der Waals surface area contributed by atoms with Crippen molar-refractivity contribution in [3.05, 3.63) is 64.1 Å². The number of benzene rings is 2. The Hall–Kier alpha value is -1.81. The molecule has 19 heavy (non-hydrogen) atoms. The Labute approximate surface area is 121 Å². The van der Waals surface area contributed by atoms with E-state index in [0.29, 0.717) is 12.1 Å². The average molecular weight is 319 g/mol. The number of amides is 1. The second-order valence-corrected chi connectivity index (χ2v) is 5.06. The second-order valence-electron chi connectivity index (χ2n) is 4.14. The molecule has 0 radical (unpaired) electrons. The molecule has 2 rings (SSSR count). The van der Waals surface area contributed by atoms with Gasteiger partial charge in [0, 0.05) is 29.3 Å². The van der Waals surface area contributed by atoms with Gasteiger partial charge in [0.05, 0.1) is 0 Å². The van der Waals surface area contributed by atoms with E-state index in [4.69, 9.17) is 0 Å². The maximum Gasteiger partial charge on any atom is 0.251 e. The van der Waals surface area contributed by atoms with Crippen LogP contribution in [0.5, 0.6) is 0 Å². The Balaban J connectivity index is 2.01. The number of hydrogen-bond acceptors (Lipinski definition) is 2. The minimum atomic E-state index is -0.0722. The minimum Gasteiger partial charge on any atom is -0.388 e. The van der Waals surface area contributed by atoms with E-state index in [2.05, 4.69) is 26.6 Å². The van der Waals surface area contributed by atoms with Crippen molar-refractivity contribution >= 4 is 27.5 Å². The monoisotopic (exact) mass is 318 g/mol. The predicted molar refractivity (Wildman–Crippen MR) is 81.3 cm³/mol. The van der Waals surface area contributed by atoms with Crippen molar-refractivity contribution in [2.24, 2.45) is 0 Å². The molecule has 2 aromatic rings. The molecule has 0 atom stereocenters. The van der Waals surface area contributed by atoms with Crippen LogP contribution in [-0.2, 0) is 6.54 Å². The van der Waals surface area contributed by atoms with Crippen LogP contribution in [-0.4, -0.2) is 13.0 Å². The maximum absolute atomic E-state index is 12.0. The number of carbonyl (C=O) groups is 1. The molecule has 1 amide bonds. The summed E-state index contributed by atoms with van der Waals surface area (Å²) in [5.41, 5.74) is 2.64. The van der Waals surface area contributed by atoms with Gasteiger partial charge >= 0.3 is 0 Å².